The van der Waals surface area contributed by atoms with Crippen molar-refractivity contribution in [3.8, 4) is 11.3 Å². The molecule has 1 amide bonds. The second-order valence-corrected chi connectivity index (χ2v) is 11.5. The standard InChI is InChI=1S/C26H35N3O3S/c1-6-9-18-10-8-11-19(15-18)24-23-20(16-21(28-24)25(31)27-13-7-2)17-29(22(23)12-14-30)33(32)26(3,4)5/h6,8-11,15-16,22,30H,7,12-14,17H2,1-5H3,(H,27,31)/b9-6+/t22-,33-/m0/s1. The highest BCUT2D eigenvalue weighted by atomic mass is 32.2. The lowest BCUT2D eigenvalue weighted by Crippen LogP contribution is -2.36. The van der Waals surface area contributed by atoms with Gasteiger partial charge in [-0.2, -0.15) is 0 Å². The van der Waals surface area contributed by atoms with E-state index in [1.54, 1.807) is 0 Å². The molecule has 0 saturated carbocycles. The van der Waals surface area contributed by atoms with Crippen LogP contribution < -0.4 is 5.32 Å². The molecule has 33 heavy (non-hydrogen) atoms. The van der Waals surface area contributed by atoms with Crippen LogP contribution in [0.1, 0.15) is 80.7 Å². The normalized spacial score (nSPS) is 17.3. The van der Waals surface area contributed by atoms with Crippen molar-refractivity contribution in [1.82, 2.24) is 14.6 Å². The topological polar surface area (TPSA) is 82.5 Å². The summed E-state index contributed by atoms with van der Waals surface area (Å²) in [4.78, 5) is 17.7. The maximum absolute atomic E-state index is 13.4. The van der Waals surface area contributed by atoms with Gasteiger partial charge in [-0.05, 0) is 63.8 Å². The molecular formula is C26H35N3O3S. The van der Waals surface area contributed by atoms with Gasteiger partial charge in [0.1, 0.15) is 16.7 Å². The van der Waals surface area contributed by atoms with Crippen LogP contribution in [-0.4, -0.2) is 42.4 Å². The highest BCUT2D eigenvalue weighted by molar-refractivity contribution is 7.84. The minimum atomic E-state index is -1.28. The van der Waals surface area contributed by atoms with Gasteiger partial charge in [-0.1, -0.05) is 37.3 Å². The summed E-state index contributed by atoms with van der Waals surface area (Å²) in [6, 6.07) is 9.62. The third kappa shape index (κ3) is 5.60. The molecule has 2 atom stereocenters. The van der Waals surface area contributed by atoms with E-state index >= 15 is 0 Å². The van der Waals surface area contributed by atoms with Crippen molar-refractivity contribution in [1.29, 1.82) is 0 Å². The fraction of sp³-hybridized carbons (Fsp3) is 0.462. The lowest BCUT2D eigenvalue weighted by Gasteiger charge is -2.30. The van der Waals surface area contributed by atoms with Crippen molar-refractivity contribution in [2.75, 3.05) is 13.2 Å². The van der Waals surface area contributed by atoms with Gasteiger partial charge in [-0.25, -0.2) is 13.5 Å². The smallest absolute Gasteiger partial charge is 0.269 e. The predicted molar refractivity (Wildman–Crippen MR) is 135 cm³/mol. The Hall–Kier alpha value is -2.35. The highest BCUT2D eigenvalue weighted by Gasteiger charge is 2.40. The number of aromatic nitrogens is 1. The first-order valence-corrected chi connectivity index (χ1v) is 12.7. The first-order chi connectivity index (χ1) is 15.7. The van der Waals surface area contributed by atoms with Crippen LogP contribution in [0.15, 0.2) is 36.4 Å². The number of carbonyl (C=O) groups is 1. The SMILES string of the molecule is C/C=C/c1cccc(-c2nc(C(=O)NCCC)cc3c2[C@H](CCO)N([S@@](=O)C(C)(C)C)C3)c1. The number of allylic oxidation sites excluding steroid dienone is 1. The Bertz CT molecular complexity index is 1060. The molecule has 1 aliphatic heterocycles. The number of rotatable bonds is 8. The summed E-state index contributed by atoms with van der Waals surface area (Å²) < 4.78 is 14.9. The summed E-state index contributed by atoms with van der Waals surface area (Å²) in [5.74, 6) is -0.209. The molecule has 6 nitrogen and oxygen atoms in total. The number of benzene rings is 1. The first kappa shape index (κ1) is 25.3. The molecule has 1 aromatic heterocycles. The number of hydrogen-bond donors (Lipinski definition) is 2. The van der Waals surface area contributed by atoms with Crippen molar-refractivity contribution in [3.05, 3.63) is 58.8 Å². The third-order valence-corrected chi connectivity index (χ3v) is 7.44. The number of aliphatic hydroxyl groups is 1. The summed E-state index contributed by atoms with van der Waals surface area (Å²) in [7, 11) is -1.28. The van der Waals surface area contributed by atoms with Gasteiger partial charge in [0.25, 0.3) is 5.91 Å². The number of carbonyl (C=O) groups excluding carboxylic acids is 1. The van der Waals surface area contributed by atoms with Gasteiger partial charge < -0.3 is 10.4 Å². The number of amides is 1. The quantitative estimate of drug-likeness (QED) is 0.591. The van der Waals surface area contributed by atoms with Crippen molar-refractivity contribution < 1.29 is 14.1 Å². The summed E-state index contributed by atoms with van der Waals surface area (Å²) in [5, 5.41) is 12.8. The predicted octanol–water partition coefficient (Wildman–Crippen LogP) is 4.62. The maximum Gasteiger partial charge on any atom is 0.269 e. The third-order valence-electron chi connectivity index (χ3n) is 5.58. The summed E-state index contributed by atoms with van der Waals surface area (Å²) >= 11 is 0. The summed E-state index contributed by atoms with van der Waals surface area (Å²) in [6.07, 6.45) is 5.29. The molecular weight excluding hydrogens is 434 g/mol. The average molecular weight is 470 g/mol. The Balaban J connectivity index is 2.20. The minimum Gasteiger partial charge on any atom is -0.396 e. The van der Waals surface area contributed by atoms with Gasteiger partial charge in [-0.15, -0.1) is 0 Å². The molecule has 2 heterocycles. The molecule has 0 spiro atoms. The van der Waals surface area contributed by atoms with Crippen LogP contribution in [0.25, 0.3) is 17.3 Å². The van der Waals surface area contributed by atoms with Crippen molar-refractivity contribution >= 4 is 23.0 Å². The molecule has 1 aromatic carbocycles. The lowest BCUT2D eigenvalue weighted by atomic mass is 9.95. The van der Waals surface area contributed by atoms with E-state index in [0.717, 1.165) is 28.7 Å². The average Bonchev–Trinajstić information content (AvgIpc) is 3.14. The Kier molecular flexibility index (Phi) is 8.21. The molecule has 0 saturated heterocycles. The van der Waals surface area contributed by atoms with Gasteiger partial charge in [0.15, 0.2) is 0 Å². The van der Waals surface area contributed by atoms with E-state index in [9.17, 15) is 14.1 Å². The molecule has 0 fully saturated rings. The van der Waals surface area contributed by atoms with E-state index < -0.39 is 15.7 Å². The second-order valence-electron chi connectivity index (χ2n) is 9.28. The molecule has 2 aromatic rings. The zero-order valence-corrected chi connectivity index (χ0v) is 21.0. The van der Waals surface area contributed by atoms with E-state index in [1.165, 1.54) is 0 Å². The number of nitrogens with one attached hydrogen (secondary N) is 1. The van der Waals surface area contributed by atoms with E-state index in [4.69, 9.17) is 4.98 Å². The van der Waals surface area contributed by atoms with Gasteiger partial charge in [-0.3, -0.25) is 4.79 Å². The van der Waals surface area contributed by atoms with Crippen LogP contribution in [0.3, 0.4) is 0 Å². The number of aliphatic hydroxyl groups excluding tert-OH is 1. The van der Waals surface area contributed by atoms with E-state index in [1.807, 2.05) is 75.3 Å². The Morgan fingerprint density at radius 2 is 2.09 bits per heavy atom. The van der Waals surface area contributed by atoms with Crippen LogP contribution in [0, 0.1) is 0 Å². The van der Waals surface area contributed by atoms with Crippen LogP contribution in [0.5, 0.6) is 0 Å². The van der Waals surface area contributed by atoms with Crippen LogP contribution in [0.4, 0.5) is 0 Å². The van der Waals surface area contributed by atoms with E-state index in [-0.39, 0.29) is 18.6 Å². The van der Waals surface area contributed by atoms with Crippen molar-refractivity contribution in [3.63, 3.8) is 0 Å². The zero-order valence-electron chi connectivity index (χ0n) is 20.2. The first-order valence-electron chi connectivity index (χ1n) is 11.6. The fourth-order valence-corrected chi connectivity index (χ4v) is 5.52. The largest absolute Gasteiger partial charge is 0.396 e. The Morgan fingerprint density at radius 1 is 1.33 bits per heavy atom. The van der Waals surface area contributed by atoms with Crippen LogP contribution >= 0.6 is 0 Å². The summed E-state index contributed by atoms with van der Waals surface area (Å²) in [5.41, 5.74) is 4.91. The summed E-state index contributed by atoms with van der Waals surface area (Å²) in [6.45, 7) is 10.8. The van der Waals surface area contributed by atoms with Gasteiger partial charge in [0.05, 0.1) is 16.5 Å². The molecule has 0 radical (unpaired) electrons. The molecule has 0 bridgehead atoms. The fourth-order valence-electron chi connectivity index (χ4n) is 4.12. The minimum absolute atomic E-state index is 0.0290. The van der Waals surface area contributed by atoms with Crippen molar-refractivity contribution in [2.24, 2.45) is 0 Å². The Labute approximate surface area is 199 Å². The van der Waals surface area contributed by atoms with Gasteiger partial charge >= 0.3 is 0 Å². The highest BCUT2D eigenvalue weighted by Crippen LogP contribution is 2.44. The number of pyridine rings is 1. The zero-order chi connectivity index (χ0) is 24.2. The second kappa shape index (κ2) is 10.7. The van der Waals surface area contributed by atoms with Gasteiger partial charge in [0.2, 0.25) is 0 Å². The Morgan fingerprint density at radius 3 is 2.73 bits per heavy atom. The molecule has 2 N–H and O–H groups in total. The lowest BCUT2D eigenvalue weighted by molar-refractivity contribution is 0.0948. The maximum atomic E-state index is 13.4. The van der Waals surface area contributed by atoms with E-state index in [2.05, 4.69) is 11.4 Å². The monoisotopic (exact) mass is 469 g/mol. The molecule has 1 aliphatic rings. The molecule has 7 heteroatoms. The molecule has 0 unspecified atom stereocenters. The molecule has 178 valence electrons. The van der Waals surface area contributed by atoms with Crippen molar-refractivity contribution in [2.45, 2.75) is 64.8 Å². The van der Waals surface area contributed by atoms with Crippen LogP contribution in [0.2, 0.25) is 0 Å². The number of hydrogen-bond acceptors (Lipinski definition) is 4. The van der Waals surface area contributed by atoms with Gasteiger partial charge in [0, 0.05) is 30.8 Å². The van der Waals surface area contributed by atoms with E-state index in [0.29, 0.717) is 30.9 Å². The molecule has 3 rings (SSSR count). The van der Waals surface area contributed by atoms with Crippen LogP contribution in [-0.2, 0) is 17.5 Å². The molecule has 0 aliphatic carbocycles. The number of fused-ring (bicyclic) bond motifs is 1. The number of nitrogens with zero attached hydrogens (tertiary/aromatic N) is 2.